The molecule has 256 valence electrons. The van der Waals surface area contributed by atoms with Gasteiger partial charge in [-0.15, -0.1) is 4.33 Å². The van der Waals surface area contributed by atoms with Gasteiger partial charge in [-0.1, -0.05) is 64.5 Å². The van der Waals surface area contributed by atoms with E-state index >= 15 is 0 Å². The molecule has 5 rings (SSSR count). The van der Waals surface area contributed by atoms with Gasteiger partial charge in [-0.25, -0.2) is 0 Å². The summed E-state index contributed by atoms with van der Waals surface area (Å²) in [7, 11) is 1.60. The van der Waals surface area contributed by atoms with Crippen LogP contribution < -0.4 is 9.62 Å². The molecule has 8 atom stereocenters. The van der Waals surface area contributed by atoms with Gasteiger partial charge in [-0.2, -0.15) is 0 Å². The van der Waals surface area contributed by atoms with Crippen LogP contribution in [0.1, 0.15) is 103 Å². The minimum Gasteiger partial charge on any atom is -0.492 e. The van der Waals surface area contributed by atoms with Crippen LogP contribution in [0.3, 0.4) is 0 Å². The van der Waals surface area contributed by atoms with E-state index in [-0.39, 0.29) is 35.9 Å². The summed E-state index contributed by atoms with van der Waals surface area (Å²) < 4.78 is 31.2. The molecule has 2 aliphatic heterocycles. The molecule has 2 aliphatic rings. The highest BCUT2D eigenvalue weighted by atomic mass is 32.2. The summed E-state index contributed by atoms with van der Waals surface area (Å²) in [5, 5.41) is 6.26. The number of allylic oxidation sites excluding steroid dienone is 2. The maximum atomic E-state index is 12.4. The molecule has 9 heteroatoms. The highest BCUT2D eigenvalue weighted by Crippen LogP contribution is 2.52. The summed E-state index contributed by atoms with van der Waals surface area (Å²) in [5.41, 5.74) is 3.63. The van der Waals surface area contributed by atoms with Crippen LogP contribution in [0.15, 0.2) is 57.4 Å². The average molecular weight is 667 g/mol. The third kappa shape index (κ3) is 8.02. The van der Waals surface area contributed by atoms with Crippen molar-refractivity contribution in [2.45, 2.75) is 110 Å². The Hall–Kier alpha value is -2.98. The van der Waals surface area contributed by atoms with Crippen molar-refractivity contribution < 1.29 is 37.7 Å². The van der Waals surface area contributed by atoms with Crippen molar-refractivity contribution in [1.29, 1.82) is 0 Å². The van der Waals surface area contributed by atoms with Crippen LogP contribution in [-0.2, 0) is 23.6 Å². The fourth-order valence-corrected chi connectivity index (χ4v) is 8.02. The van der Waals surface area contributed by atoms with Crippen molar-refractivity contribution in [1.82, 2.24) is 0 Å². The molecule has 47 heavy (non-hydrogen) atoms. The molecule has 0 amide bonds. The average Bonchev–Trinajstić information content (AvgIpc) is 3.47. The molecule has 1 aromatic heterocycles. The van der Waals surface area contributed by atoms with Crippen molar-refractivity contribution >= 4 is 29.0 Å². The molecule has 0 aliphatic carbocycles. The second-order valence-corrected chi connectivity index (χ2v) is 14.6. The number of benzene rings is 2. The van der Waals surface area contributed by atoms with Crippen LogP contribution in [0.25, 0.3) is 11.0 Å². The smallest absolute Gasteiger partial charge is 0.302 e. The van der Waals surface area contributed by atoms with E-state index in [9.17, 15) is 4.79 Å². The van der Waals surface area contributed by atoms with Crippen molar-refractivity contribution in [3.05, 3.63) is 64.9 Å². The van der Waals surface area contributed by atoms with Gasteiger partial charge in [-0.3, -0.25) is 4.79 Å². The van der Waals surface area contributed by atoms with Crippen LogP contribution in [0.4, 0.5) is 0 Å². The number of aryl methyl sites for hydroxylation is 1. The lowest BCUT2D eigenvalue weighted by molar-refractivity contribution is -0.404. The zero-order valence-corrected chi connectivity index (χ0v) is 30.0. The summed E-state index contributed by atoms with van der Waals surface area (Å²) in [6.45, 7) is 16.6. The summed E-state index contributed by atoms with van der Waals surface area (Å²) in [6, 6.07) is 11.7. The molecule has 1 saturated heterocycles. The summed E-state index contributed by atoms with van der Waals surface area (Å²) >= 11 is 1.04. The summed E-state index contributed by atoms with van der Waals surface area (Å²) in [5.74, 6) is 2.19. The van der Waals surface area contributed by atoms with Gasteiger partial charge in [0.15, 0.2) is 5.75 Å². The molecule has 2 aromatic carbocycles. The number of carbonyl (C=O) groups is 1. The number of hydrogen-bond donors (Lipinski definition) is 0. The summed E-state index contributed by atoms with van der Waals surface area (Å²) in [4.78, 5) is 19.3. The molecular weight excluding hydrogens is 616 g/mol. The maximum absolute atomic E-state index is 12.4. The second kappa shape index (κ2) is 15.5. The third-order valence-electron chi connectivity index (χ3n) is 9.79. The van der Waals surface area contributed by atoms with Gasteiger partial charge in [0.2, 0.25) is 5.75 Å². The van der Waals surface area contributed by atoms with Crippen molar-refractivity contribution in [2.24, 2.45) is 23.7 Å². The predicted octanol–water partition coefficient (Wildman–Crippen LogP) is 10.2. The number of hydrogen-bond acceptors (Lipinski definition) is 9. The number of esters is 1. The number of carbonyl (C=O) groups excluding carboxylic acids is 1. The Kier molecular flexibility index (Phi) is 11.6. The minimum atomic E-state index is -0.530. The van der Waals surface area contributed by atoms with E-state index in [1.54, 1.807) is 7.11 Å². The van der Waals surface area contributed by atoms with Crippen molar-refractivity contribution in [3.8, 4) is 11.5 Å². The first-order valence-corrected chi connectivity index (χ1v) is 17.6. The topological polar surface area (TPSA) is 85.6 Å². The molecule has 0 spiro atoms. The van der Waals surface area contributed by atoms with Gasteiger partial charge in [0.05, 0.1) is 31.4 Å². The van der Waals surface area contributed by atoms with Gasteiger partial charge in [-0.05, 0) is 74.6 Å². The normalized spacial score (nSPS) is 29.7. The number of furan rings is 1. The maximum Gasteiger partial charge on any atom is 0.302 e. The Morgan fingerprint density at radius 2 is 1.72 bits per heavy atom. The van der Waals surface area contributed by atoms with Crippen LogP contribution in [0.2, 0.25) is 0 Å². The first kappa shape index (κ1) is 35.3. The lowest BCUT2D eigenvalue weighted by Gasteiger charge is -2.45. The lowest BCUT2D eigenvalue weighted by Crippen LogP contribution is -2.47. The van der Waals surface area contributed by atoms with Crippen LogP contribution in [0.5, 0.6) is 11.5 Å². The monoisotopic (exact) mass is 666 g/mol. The highest BCUT2D eigenvalue weighted by molar-refractivity contribution is 7.94. The Balaban J connectivity index is 1.65. The van der Waals surface area contributed by atoms with E-state index < -0.39 is 6.10 Å². The lowest BCUT2D eigenvalue weighted by atomic mass is 9.77. The number of rotatable bonds is 7. The molecule has 8 nitrogen and oxygen atoms in total. The van der Waals surface area contributed by atoms with Crippen molar-refractivity contribution in [3.63, 3.8) is 0 Å². The molecule has 0 saturated carbocycles. The molecule has 3 heterocycles. The Morgan fingerprint density at radius 3 is 2.43 bits per heavy atom. The zero-order valence-electron chi connectivity index (χ0n) is 29.2. The minimum absolute atomic E-state index is 0.0182. The molecule has 0 N–H and O–H groups in total. The predicted molar refractivity (Wildman–Crippen MR) is 183 cm³/mol. The van der Waals surface area contributed by atoms with Crippen LogP contribution in [-0.4, -0.2) is 25.3 Å². The third-order valence-corrected chi connectivity index (χ3v) is 10.4. The Labute approximate surface area is 283 Å². The van der Waals surface area contributed by atoms with E-state index in [1.165, 1.54) is 12.5 Å². The van der Waals surface area contributed by atoms with Gasteiger partial charge in [0, 0.05) is 46.1 Å². The molecule has 4 bridgehead atoms. The van der Waals surface area contributed by atoms with Crippen LogP contribution in [0, 0.1) is 30.6 Å². The van der Waals surface area contributed by atoms with Gasteiger partial charge in [0.1, 0.15) is 17.4 Å². The standard InChI is InChI=1S/C38H50O8S/c1-21-15-16-31-25(5)34(41-28(8)39)26(6)36(42-31)33-30-20-32(24(4)19-23(3)18-22(2)17-21)43-35(30)27(7)37(40-9)38(33)44-45-46-47-29-13-11-10-12-14-29/h10-14,17,20-21,23-26,31,34,36H,15-16,18-19H2,1-9H3/b22-17+/t21-,23+,24-,25-,26+,31+,34-,36+/m0/s1. The Morgan fingerprint density at radius 1 is 0.979 bits per heavy atom. The van der Waals surface area contributed by atoms with Crippen molar-refractivity contribution in [2.75, 3.05) is 7.11 Å². The largest absolute Gasteiger partial charge is 0.492 e. The number of methoxy groups -OCH3 is 1. The highest BCUT2D eigenvalue weighted by Gasteiger charge is 2.46. The van der Waals surface area contributed by atoms with E-state index in [2.05, 4.69) is 53.7 Å². The molecule has 3 aromatic rings. The quantitative estimate of drug-likeness (QED) is 0.0611. The number of ether oxygens (including phenoxy) is 3. The Bertz CT molecular complexity index is 1550. The van der Waals surface area contributed by atoms with E-state index in [0.29, 0.717) is 28.9 Å². The first-order valence-electron chi connectivity index (χ1n) is 16.8. The fraction of sp³-hybridized carbons (Fsp3) is 0.553. The van der Waals surface area contributed by atoms with E-state index in [4.69, 9.17) is 32.9 Å². The van der Waals surface area contributed by atoms with Gasteiger partial charge < -0.3 is 23.5 Å². The van der Waals surface area contributed by atoms with Gasteiger partial charge >= 0.3 is 5.97 Å². The molecule has 0 unspecified atom stereocenters. The zero-order chi connectivity index (χ0) is 33.8. The van der Waals surface area contributed by atoms with Gasteiger partial charge in [0.25, 0.3) is 0 Å². The number of fused-ring (bicyclic) bond motifs is 4. The molecule has 0 radical (unpaired) electrons. The fourth-order valence-electron chi connectivity index (χ4n) is 7.62. The molecular formula is C38H50O8S. The van der Waals surface area contributed by atoms with E-state index in [0.717, 1.165) is 64.9 Å². The summed E-state index contributed by atoms with van der Waals surface area (Å²) in [6.07, 6.45) is 5.10. The second-order valence-electron chi connectivity index (χ2n) is 13.8. The molecule has 1 fully saturated rings. The SMILES string of the molecule is COc1c(OOOSc2ccccc2)c2c3cc(oc3c1C)[C@@H](C)C[C@H](C)C/C(C)=C/[C@@H](C)CC[C@H]1O[C@@H]2[C@H](C)[C@@H](OC(C)=O)[C@H]1C. The van der Waals surface area contributed by atoms with Crippen LogP contribution >= 0.6 is 12.0 Å². The first-order chi connectivity index (χ1) is 22.5. The van der Waals surface area contributed by atoms with E-state index in [1.807, 2.05) is 37.3 Å².